The van der Waals surface area contributed by atoms with E-state index in [2.05, 4.69) is 9.97 Å². The number of benzene rings is 3. The van der Waals surface area contributed by atoms with Crippen LogP contribution in [0.25, 0.3) is 33.5 Å². The van der Waals surface area contributed by atoms with E-state index in [-0.39, 0.29) is 5.82 Å². The van der Waals surface area contributed by atoms with Crippen LogP contribution in [0.15, 0.2) is 72.8 Å². The summed E-state index contributed by atoms with van der Waals surface area (Å²) in [5.74, 6) is 0.520. The zero-order valence-electron chi connectivity index (χ0n) is 11.8. The third kappa shape index (κ3) is 2.07. The van der Waals surface area contributed by atoms with E-state index in [9.17, 15) is 4.39 Å². The molecule has 1 N–H and O–H groups in total. The molecule has 4 aromatic rings. The van der Waals surface area contributed by atoms with Crippen LogP contribution in [0.1, 0.15) is 0 Å². The van der Waals surface area contributed by atoms with E-state index in [1.54, 1.807) is 12.1 Å². The van der Waals surface area contributed by atoms with Crippen molar-refractivity contribution < 1.29 is 4.39 Å². The number of rotatable bonds is 2. The largest absolute Gasteiger partial charge is 0.338 e. The van der Waals surface area contributed by atoms with E-state index < -0.39 is 0 Å². The van der Waals surface area contributed by atoms with E-state index in [0.717, 1.165) is 28.0 Å². The van der Waals surface area contributed by atoms with Gasteiger partial charge in [0.1, 0.15) is 11.6 Å². The summed E-state index contributed by atoms with van der Waals surface area (Å²) >= 11 is 0. The molecule has 0 amide bonds. The number of aromatic amines is 1. The maximum atomic E-state index is 14.1. The monoisotopic (exact) mass is 288 g/mol. The van der Waals surface area contributed by atoms with Crippen molar-refractivity contribution >= 4 is 11.0 Å². The van der Waals surface area contributed by atoms with Gasteiger partial charge in [0.2, 0.25) is 0 Å². The van der Waals surface area contributed by atoms with Crippen molar-refractivity contribution in [3.63, 3.8) is 0 Å². The van der Waals surface area contributed by atoms with Crippen molar-refractivity contribution in [2.75, 3.05) is 0 Å². The Morgan fingerprint density at radius 2 is 1.32 bits per heavy atom. The molecule has 0 aliphatic heterocycles. The molecule has 3 heteroatoms. The summed E-state index contributed by atoms with van der Waals surface area (Å²) in [4.78, 5) is 7.93. The Morgan fingerprint density at radius 3 is 2.09 bits per heavy atom. The Labute approximate surface area is 127 Å². The van der Waals surface area contributed by atoms with Crippen molar-refractivity contribution in [1.29, 1.82) is 0 Å². The standard InChI is InChI=1S/C19H13FN2/c20-16-10-4-3-8-14(16)13-7-1-2-9-15(13)19-21-17-11-5-6-12-18(17)22-19/h1-12H,(H,21,22). The lowest BCUT2D eigenvalue weighted by Crippen LogP contribution is -1.89. The lowest BCUT2D eigenvalue weighted by molar-refractivity contribution is 0.631. The molecule has 0 fully saturated rings. The van der Waals surface area contributed by atoms with Gasteiger partial charge >= 0.3 is 0 Å². The smallest absolute Gasteiger partial charge is 0.139 e. The number of fused-ring (bicyclic) bond motifs is 1. The number of H-pyrrole nitrogens is 1. The number of hydrogen-bond acceptors (Lipinski definition) is 1. The first-order valence-corrected chi connectivity index (χ1v) is 7.12. The summed E-state index contributed by atoms with van der Waals surface area (Å²) in [7, 11) is 0. The van der Waals surface area contributed by atoms with Gasteiger partial charge in [-0.15, -0.1) is 0 Å². The van der Waals surface area contributed by atoms with Crippen LogP contribution in [0.2, 0.25) is 0 Å². The molecule has 0 bridgehead atoms. The van der Waals surface area contributed by atoms with Gasteiger partial charge in [-0.05, 0) is 23.8 Å². The summed E-state index contributed by atoms with van der Waals surface area (Å²) < 4.78 is 14.1. The topological polar surface area (TPSA) is 28.7 Å². The molecule has 3 aromatic carbocycles. The predicted molar refractivity (Wildman–Crippen MR) is 86.9 cm³/mol. The fourth-order valence-electron chi connectivity index (χ4n) is 2.68. The van der Waals surface area contributed by atoms with Crippen molar-refractivity contribution in [3.8, 4) is 22.5 Å². The van der Waals surface area contributed by atoms with Crippen molar-refractivity contribution in [2.24, 2.45) is 0 Å². The number of hydrogen-bond donors (Lipinski definition) is 1. The van der Waals surface area contributed by atoms with E-state index >= 15 is 0 Å². The Morgan fingerprint density at radius 1 is 0.682 bits per heavy atom. The summed E-state index contributed by atoms with van der Waals surface area (Å²) in [6.45, 7) is 0. The van der Waals surface area contributed by atoms with Gasteiger partial charge in [0, 0.05) is 11.1 Å². The highest BCUT2D eigenvalue weighted by molar-refractivity contribution is 5.85. The maximum Gasteiger partial charge on any atom is 0.139 e. The normalized spacial score (nSPS) is 11.0. The van der Waals surface area contributed by atoms with Gasteiger partial charge in [-0.1, -0.05) is 54.6 Å². The van der Waals surface area contributed by atoms with Crippen LogP contribution in [0.3, 0.4) is 0 Å². The van der Waals surface area contributed by atoms with Gasteiger partial charge in [-0.3, -0.25) is 0 Å². The minimum absolute atomic E-state index is 0.230. The second-order valence-electron chi connectivity index (χ2n) is 5.13. The second-order valence-corrected chi connectivity index (χ2v) is 5.13. The fraction of sp³-hybridized carbons (Fsp3) is 0. The molecule has 0 aliphatic rings. The van der Waals surface area contributed by atoms with E-state index in [1.807, 2.05) is 54.6 Å². The highest BCUT2D eigenvalue weighted by Gasteiger charge is 2.13. The fourth-order valence-corrected chi connectivity index (χ4v) is 2.68. The number of halogens is 1. The maximum absolute atomic E-state index is 14.1. The number of nitrogens with zero attached hydrogens (tertiary/aromatic N) is 1. The highest BCUT2D eigenvalue weighted by Crippen LogP contribution is 2.32. The minimum Gasteiger partial charge on any atom is -0.338 e. The second kappa shape index (κ2) is 5.11. The summed E-state index contributed by atoms with van der Waals surface area (Å²) in [6, 6.07) is 22.4. The SMILES string of the molecule is Fc1ccccc1-c1ccccc1-c1nc2ccccc2[nH]1. The van der Waals surface area contributed by atoms with E-state index in [4.69, 9.17) is 0 Å². The molecule has 0 saturated carbocycles. The molecule has 1 heterocycles. The van der Waals surface area contributed by atoms with Crippen LogP contribution >= 0.6 is 0 Å². The van der Waals surface area contributed by atoms with Crippen molar-refractivity contribution in [1.82, 2.24) is 9.97 Å². The Balaban J connectivity index is 1.95. The molecule has 4 rings (SSSR count). The van der Waals surface area contributed by atoms with Crippen LogP contribution in [-0.4, -0.2) is 9.97 Å². The summed E-state index contributed by atoms with van der Waals surface area (Å²) in [5, 5.41) is 0. The van der Waals surface area contributed by atoms with Crippen LogP contribution in [0.5, 0.6) is 0 Å². The van der Waals surface area contributed by atoms with Gasteiger partial charge in [0.05, 0.1) is 11.0 Å². The van der Waals surface area contributed by atoms with Crippen LogP contribution in [0, 0.1) is 5.82 Å². The molecule has 0 unspecified atom stereocenters. The molecule has 106 valence electrons. The number of para-hydroxylation sites is 2. The predicted octanol–water partition coefficient (Wildman–Crippen LogP) is 5.04. The van der Waals surface area contributed by atoms with Gasteiger partial charge in [0.25, 0.3) is 0 Å². The van der Waals surface area contributed by atoms with Crippen LogP contribution in [0.4, 0.5) is 4.39 Å². The minimum atomic E-state index is -0.230. The molecular formula is C19H13FN2. The van der Waals surface area contributed by atoms with Gasteiger partial charge < -0.3 is 4.98 Å². The molecule has 0 aliphatic carbocycles. The van der Waals surface area contributed by atoms with E-state index in [0.29, 0.717) is 5.56 Å². The number of imidazole rings is 1. The first kappa shape index (κ1) is 12.8. The van der Waals surface area contributed by atoms with E-state index in [1.165, 1.54) is 6.07 Å². The lowest BCUT2D eigenvalue weighted by Gasteiger charge is -2.08. The third-order valence-corrected chi connectivity index (χ3v) is 3.74. The zero-order valence-corrected chi connectivity index (χ0v) is 11.8. The lowest BCUT2D eigenvalue weighted by atomic mass is 9.99. The Bertz CT molecular complexity index is 923. The molecule has 2 nitrogen and oxygen atoms in total. The molecule has 0 radical (unpaired) electrons. The van der Waals surface area contributed by atoms with Gasteiger partial charge in [-0.2, -0.15) is 0 Å². The van der Waals surface area contributed by atoms with Crippen molar-refractivity contribution in [3.05, 3.63) is 78.6 Å². The molecular weight excluding hydrogens is 275 g/mol. The summed E-state index contributed by atoms with van der Waals surface area (Å²) in [5.41, 5.74) is 4.18. The first-order chi connectivity index (χ1) is 10.8. The number of nitrogens with one attached hydrogen (secondary N) is 1. The third-order valence-electron chi connectivity index (χ3n) is 3.74. The number of aromatic nitrogens is 2. The molecule has 22 heavy (non-hydrogen) atoms. The average Bonchev–Trinajstić information content (AvgIpc) is 2.99. The molecule has 1 aromatic heterocycles. The molecule has 0 spiro atoms. The average molecular weight is 288 g/mol. The molecule has 0 saturated heterocycles. The summed E-state index contributed by atoms with van der Waals surface area (Å²) in [6.07, 6.45) is 0. The van der Waals surface area contributed by atoms with Crippen LogP contribution in [-0.2, 0) is 0 Å². The quantitative estimate of drug-likeness (QED) is 0.550. The zero-order chi connectivity index (χ0) is 14.9. The van der Waals surface area contributed by atoms with Crippen LogP contribution < -0.4 is 0 Å². The Hall–Kier alpha value is -2.94. The van der Waals surface area contributed by atoms with Crippen molar-refractivity contribution in [2.45, 2.75) is 0 Å². The van der Waals surface area contributed by atoms with Gasteiger partial charge in [0.15, 0.2) is 0 Å². The first-order valence-electron chi connectivity index (χ1n) is 7.12. The highest BCUT2D eigenvalue weighted by atomic mass is 19.1. The van der Waals surface area contributed by atoms with Gasteiger partial charge in [-0.25, -0.2) is 9.37 Å². The molecule has 0 atom stereocenters. The Kier molecular flexibility index (Phi) is 2.97.